The largest absolute Gasteiger partial charge is 0.586 e. The maximum atomic E-state index is 13.0. The molecule has 0 aromatic heterocycles. The van der Waals surface area contributed by atoms with Crippen LogP contribution in [0.5, 0.6) is 11.5 Å². The van der Waals surface area contributed by atoms with Crippen LogP contribution in [0.2, 0.25) is 0 Å². The molecular weight excluding hydrogens is 396 g/mol. The molecular formula is C22H15F2NO5. The lowest BCUT2D eigenvalue weighted by molar-refractivity contribution is -0.286. The number of alkyl halides is 2. The van der Waals surface area contributed by atoms with E-state index in [1.54, 1.807) is 24.3 Å². The van der Waals surface area contributed by atoms with E-state index in [2.05, 4.69) is 14.8 Å². The topological polar surface area (TPSA) is 73.9 Å². The summed E-state index contributed by atoms with van der Waals surface area (Å²) in [6.07, 6.45) is -3.74. The molecule has 8 heteroatoms. The number of hydrogen-bond donors (Lipinski definition) is 1. The molecule has 3 aromatic rings. The van der Waals surface area contributed by atoms with Crippen molar-refractivity contribution in [2.75, 3.05) is 11.9 Å². The summed E-state index contributed by atoms with van der Waals surface area (Å²) in [6.45, 7) is -0.538. The van der Waals surface area contributed by atoms with Crippen molar-refractivity contribution in [1.29, 1.82) is 0 Å². The summed E-state index contributed by atoms with van der Waals surface area (Å²) in [7, 11) is 0. The molecule has 30 heavy (non-hydrogen) atoms. The van der Waals surface area contributed by atoms with E-state index in [-0.39, 0.29) is 17.2 Å². The van der Waals surface area contributed by atoms with Crippen LogP contribution in [0.4, 0.5) is 14.5 Å². The molecule has 0 fully saturated rings. The molecule has 1 aliphatic rings. The number of carbonyl (C=O) groups excluding carboxylic acids is 2. The second-order valence-corrected chi connectivity index (χ2v) is 6.40. The number of ether oxygens (including phenoxy) is 3. The SMILES string of the molecule is O=C(COC(=O)c1ccc(-c2ccccc2)cc1)Nc1ccc2c(c1)OC(F)(F)O2. The van der Waals surface area contributed by atoms with Crippen LogP contribution >= 0.6 is 0 Å². The number of halogens is 2. The maximum absolute atomic E-state index is 13.0. The van der Waals surface area contributed by atoms with Gasteiger partial charge in [0.15, 0.2) is 18.1 Å². The van der Waals surface area contributed by atoms with E-state index in [0.717, 1.165) is 11.1 Å². The van der Waals surface area contributed by atoms with Crippen LogP contribution in [0.15, 0.2) is 72.8 Å². The third-order valence-electron chi connectivity index (χ3n) is 4.25. The van der Waals surface area contributed by atoms with Gasteiger partial charge in [-0.2, -0.15) is 0 Å². The highest BCUT2D eigenvalue weighted by Crippen LogP contribution is 2.42. The van der Waals surface area contributed by atoms with Gasteiger partial charge in [-0.1, -0.05) is 42.5 Å². The molecule has 0 radical (unpaired) electrons. The normalized spacial score (nSPS) is 13.5. The zero-order valence-electron chi connectivity index (χ0n) is 15.4. The Balaban J connectivity index is 1.32. The number of benzene rings is 3. The second kappa shape index (κ2) is 7.82. The molecule has 6 nitrogen and oxygen atoms in total. The molecule has 0 saturated carbocycles. The Kier molecular flexibility index (Phi) is 5.05. The van der Waals surface area contributed by atoms with Crippen molar-refractivity contribution < 1.29 is 32.6 Å². The van der Waals surface area contributed by atoms with Crippen molar-refractivity contribution in [2.45, 2.75) is 6.29 Å². The first-order valence-corrected chi connectivity index (χ1v) is 8.92. The predicted molar refractivity (Wildman–Crippen MR) is 103 cm³/mol. The van der Waals surface area contributed by atoms with E-state index >= 15 is 0 Å². The van der Waals surface area contributed by atoms with E-state index < -0.39 is 24.8 Å². The molecule has 0 saturated heterocycles. The average Bonchev–Trinajstić information content (AvgIpc) is 3.06. The first-order chi connectivity index (χ1) is 14.4. The van der Waals surface area contributed by atoms with Crippen molar-refractivity contribution in [3.8, 4) is 22.6 Å². The molecule has 1 heterocycles. The first-order valence-electron chi connectivity index (χ1n) is 8.92. The summed E-state index contributed by atoms with van der Waals surface area (Å²) in [5, 5.41) is 2.44. The highest BCUT2D eigenvalue weighted by Gasteiger charge is 2.43. The van der Waals surface area contributed by atoms with Crippen molar-refractivity contribution in [2.24, 2.45) is 0 Å². The third kappa shape index (κ3) is 4.38. The van der Waals surface area contributed by atoms with Gasteiger partial charge in [0.2, 0.25) is 0 Å². The van der Waals surface area contributed by atoms with Gasteiger partial charge in [0.1, 0.15) is 0 Å². The monoisotopic (exact) mass is 411 g/mol. The molecule has 4 rings (SSSR count). The van der Waals surface area contributed by atoms with E-state index in [9.17, 15) is 18.4 Å². The minimum absolute atomic E-state index is 0.136. The average molecular weight is 411 g/mol. The Hall–Kier alpha value is -3.94. The number of fused-ring (bicyclic) bond motifs is 1. The molecule has 1 N–H and O–H groups in total. The van der Waals surface area contributed by atoms with E-state index in [0.29, 0.717) is 5.56 Å². The minimum atomic E-state index is -3.74. The van der Waals surface area contributed by atoms with Crippen molar-refractivity contribution in [3.63, 3.8) is 0 Å². The number of nitrogens with one attached hydrogen (secondary N) is 1. The lowest BCUT2D eigenvalue weighted by Crippen LogP contribution is -2.25. The smallest absolute Gasteiger partial charge is 0.452 e. The zero-order valence-corrected chi connectivity index (χ0v) is 15.4. The number of carbonyl (C=O) groups is 2. The number of hydrogen-bond acceptors (Lipinski definition) is 5. The van der Waals surface area contributed by atoms with Crippen molar-refractivity contribution in [1.82, 2.24) is 0 Å². The van der Waals surface area contributed by atoms with Gasteiger partial charge in [-0.15, -0.1) is 8.78 Å². The van der Waals surface area contributed by atoms with Crippen LogP contribution < -0.4 is 14.8 Å². The number of amides is 1. The zero-order chi connectivity index (χ0) is 21.1. The van der Waals surface area contributed by atoms with Gasteiger partial charge in [0.25, 0.3) is 5.91 Å². The van der Waals surface area contributed by atoms with Gasteiger partial charge in [-0.25, -0.2) is 4.79 Å². The molecule has 3 aromatic carbocycles. The highest BCUT2D eigenvalue weighted by molar-refractivity contribution is 5.96. The van der Waals surface area contributed by atoms with Gasteiger partial charge in [-0.3, -0.25) is 4.79 Å². The molecule has 1 amide bonds. The van der Waals surface area contributed by atoms with Crippen LogP contribution in [0.25, 0.3) is 11.1 Å². The fourth-order valence-electron chi connectivity index (χ4n) is 2.87. The maximum Gasteiger partial charge on any atom is 0.586 e. The van der Waals surface area contributed by atoms with Crippen LogP contribution in [0.1, 0.15) is 10.4 Å². The van der Waals surface area contributed by atoms with Gasteiger partial charge < -0.3 is 19.5 Å². The standard InChI is InChI=1S/C22H15F2NO5/c23-22(24)29-18-11-10-17(12-19(18)30-22)25-20(26)13-28-21(27)16-8-6-15(7-9-16)14-4-2-1-3-5-14/h1-12H,13H2,(H,25,26). The van der Waals surface area contributed by atoms with E-state index in [1.807, 2.05) is 30.3 Å². The first kappa shape index (κ1) is 19.4. The molecule has 0 atom stereocenters. The van der Waals surface area contributed by atoms with Gasteiger partial charge in [-0.05, 0) is 35.4 Å². The van der Waals surface area contributed by atoms with E-state index in [4.69, 9.17) is 4.74 Å². The number of anilines is 1. The summed E-state index contributed by atoms with van der Waals surface area (Å²) >= 11 is 0. The quantitative estimate of drug-likeness (QED) is 0.627. The number of rotatable bonds is 5. The second-order valence-electron chi connectivity index (χ2n) is 6.40. The summed E-state index contributed by atoms with van der Waals surface area (Å²) in [5.74, 6) is -1.62. The molecule has 0 spiro atoms. The molecule has 0 aliphatic carbocycles. The molecule has 152 valence electrons. The molecule has 1 aliphatic heterocycles. The minimum Gasteiger partial charge on any atom is -0.452 e. The fourth-order valence-corrected chi connectivity index (χ4v) is 2.87. The lowest BCUT2D eigenvalue weighted by atomic mass is 10.0. The van der Waals surface area contributed by atoms with Crippen LogP contribution in [-0.2, 0) is 9.53 Å². The van der Waals surface area contributed by atoms with Crippen LogP contribution in [-0.4, -0.2) is 24.8 Å². The Morgan fingerprint density at radius 1 is 0.867 bits per heavy atom. The Morgan fingerprint density at radius 2 is 1.53 bits per heavy atom. The van der Waals surface area contributed by atoms with Crippen molar-refractivity contribution in [3.05, 3.63) is 78.4 Å². The lowest BCUT2D eigenvalue weighted by Gasteiger charge is -2.08. The van der Waals surface area contributed by atoms with E-state index in [1.165, 1.54) is 18.2 Å². The summed E-state index contributed by atoms with van der Waals surface area (Å²) in [5.41, 5.74) is 2.45. The Bertz CT molecular complexity index is 1080. The summed E-state index contributed by atoms with van der Waals surface area (Å²) < 4.78 is 39.7. The number of esters is 1. The van der Waals surface area contributed by atoms with Gasteiger partial charge in [0, 0.05) is 11.8 Å². The summed E-state index contributed by atoms with van der Waals surface area (Å²) in [6, 6.07) is 20.3. The van der Waals surface area contributed by atoms with Gasteiger partial charge in [0.05, 0.1) is 5.56 Å². The molecule has 0 bridgehead atoms. The highest BCUT2D eigenvalue weighted by atomic mass is 19.3. The van der Waals surface area contributed by atoms with Gasteiger partial charge >= 0.3 is 12.3 Å². The Morgan fingerprint density at radius 3 is 2.27 bits per heavy atom. The van der Waals surface area contributed by atoms with Crippen molar-refractivity contribution >= 4 is 17.6 Å². The molecule has 0 unspecified atom stereocenters. The van der Waals surface area contributed by atoms with Crippen LogP contribution in [0.3, 0.4) is 0 Å². The van der Waals surface area contributed by atoms with Crippen LogP contribution in [0, 0.1) is 0 Å². The summed E-state index contributed by atoms with van der Waals surface area (Å²) in [4.78, 5) is 24.2. The third-order valence-corrected chi connectivity index (χ3v) is 4.25. The fraction of sp³-hybridized carbons (Fsp3) is 0.0909. The Labute approximate surface area is 170 Å². The predicted octanol–water partition coefficient (Wildman–Crippen LogP) is 4.47.